The van der Waals surface area contributed by atoms with Crippen molar-refractivity contribution in [1.29, 1.82) is 0 Å². The molecule has 0 fully saturated rings. The quantitative estimate of drug-likeness (QED) is 0.250. The van der Waals surface area contributed by atoms with Gasteiger partial charge in [-0.25, -0.2) is 8.42 Å². The zero-order valence-corrected chi connectivity index (χ0v) is 25.6. The number of carbonyl (C=O) groups is 2. The van der Waals surface area contributed by atoms with Crippen LogP contribution < -0.4 is 9.62 Å². The summed E-state index contributed by atoms with van der Waals surface area (Å²) in [5.41, 5.74) is 1.55. The van der Waals surface area contributed by atoms with Crippen molar-refractivity contribution in [3.8, 4) is 0 Å². The number of rotatable bonds is 12. The normalized spacial score (nSPS) is 12.1. The third-order valence-electron chi connectivity index (χ3n) is 6.31. The number of nitrogens with zero attached hydrogens (tertiary/aromatic N) is 2. The SMILES string of the molecule is CCCNC(=O)[C@H](CC)N(Cc1c(Cl)cccc1Cl)C(=O)CN(c1cccc(Cl)c1)S(=O)(=O)c1ccc(C)cc1. The predicted molar refractivity (Wildman–Crippen MR) is 162 cm³/mol. The maximum Gasteiger partial charge on any atom is 0.264 e. The molecule has 0 heterocycles. The van der Waals surface area contributed by atoms with Crippen LogP contribution in [0.15, 0.2) is 71.6 Å². The third-order valence-corrected chi connectivity index (χ3v) is 9.04. The van der Waals surface area contributed by atoms with Crippen LogP contribution in [0.5, 0.6) is 0 Å². The van der Waals surface area contributed by atoms with Gasteiger partial charge in [-0.05, 0) is 62.2 Å². The van der Waals surface area contributed by atoms with Gasteiger partial charge in [0.05, 0.1) is 10.6 Å². The minimum atomic E-state index is -4.20. The second kappa shape index (κ2) is 14.2. The summed E-state index contributed by atoms with van der Waals surface area (Å²) in [6.45, 7) is 5.30. The van der Waals surface area contributed by atoms with Crippen LogP contribution in [0.25, 0.3) is 0 Å². The summed E-state index contributed by atoms with van der Waals surface area (Å²) < 4.78 is 28.8. The number of sulfonamides is 1. The fourth-order valence-corrected chi connectivity index (χ4v) is 6.24. The Hall–Kier alpha value is -2.78. The molecule has 3 aromatic rings. The first-order valence-corrected chi connectivity index (χ1v) is 15.4. The number of hydrogen-bond donors (Lipinski definition) is 1. The van der Waals surface area contributed by atoms with Gasteiger partial charge in [-0.1, -0.05) is 78.5 Å². The van der Waals surface area contributed by atoms with Crippen LogP contribution in [-0.4, -0.2) is 44.3 Å². The maximum atomic E-state index is 14.1. The fraction of sp³-hybridized carbons (Fsp3) is 0.310. The highest BCUT2D eigenvalue weighted by molar-refractivity contribution is 7.92. The molecule has 0 saturated heterocycles. The van der Waals surface area contributed by atoms with Gasteiger partial charge >= 0.3 is 0 Å². The zero-order chi connectivity index (χ0) is 29.4. The average Bonchev–Trinajstić information content (AvgIpc) is 2.92. The van der Waals surface area contributed by atoms with E-state index >= 15 is 0 Å². The molecule has 0 radical (unpaired) electrons. The molecule has 7 nitrogen and oxygen atoms in total. The van der Waals surface area contributed by atoms with Crippen LogP contribution in [0.3, 0.4) is 0 Å². The van der Waals surface area contributed by atoms with E-state index in [2.05, 4.69) is 5.32 Å². The summed E-state index contributed by atoms with van der Waals surface area (Å²) in [5, 5.41) is 3.80. The Bertz CT molecular complexity index is 1430. The monoisotopic (exact) mass is 623 g/mol. The van der Waals surface area contributed by atoms with Gasteiger partial charge in [-0.15, -0.1) is 0 Å². The van der Waals surface area contributed by atoms with Crippen molar-refractivity contribution in [1.82, 2.24) is 10.2 Å². The highest BCUT2D eigenvalue weighted by Crippen LogP contribution is 2.29. The number of anilines is 1. The average molecular weight is 625 g/mol. The van der Waals surface area contributed by atoms with Crippen LogP contribution in [0.4, 0.5) is 5.69 Å². The second-order valence-electron chi connectivity index (χ2n) is 9.24. The number of hydrogen-bond acceptors (Lipinski definition) is 4. The van der Waals surface area contributed by atoms with E-state index in [1.807, 2.05) is 13.8 Å². The van der Waals surface area contributed by atoms with Gasteiger partial charge in [-0.3, -0.25) is 13.9 Å². The third kappa shape index (κ3) is 7.69. The molecule has 0 spiro atoms. The highest BCUT2D eigenvalue weighted by Gasteiger charge is 2.34. The first kappa shape index (κ1) is 31.7. The molecular weight excluding hydrogens is 593 g/mol. The number of amides is 2. The minimum Gasteiger partial charge on any atom is -0.354 e. The summed E-state index contributed by atoms with van der Waals surface area (Å²) in [6.07, 6.45) is 0.995. The van der Waals surface area contributed by atoms with Crippen molar-refractivity contribution >= 4 is 62.3 Å². The lowest BCUT2D eigenvalue weighted by molar-refractivity contribution is -0.140. The molecule has 214 valence electrons. The molecule has 0 aromatic heterocycles. The van der Waals surface area contributed by atoms with Crippen LogP contribution in [-0.2, 0) is 26.2 Å². The first-order valence-electron chi connectivity index (χ1n) is 12.8. The number of aryl methyl sites for hydroxylation is 1. The molecule has 40 heavy (non-hydrogen) atoms. The van der Waals surface area contributed by atoms with E-state index in [1.165, 1.54) is 23.1 Å². The molecule has 3 aromatic carbocycles. The van der Waals surface area contributed by atoms with E-state index in [0.29, 0.717) is 33.6 Å². The summed E-state index contributed by atoms with van der Waals surface area (Å²) in [5.74, 6) is -0.957. The molecule has 11 heteroatoms. The molecule has 0 aliphatic carbocycles. The molecule has 1 N–H and O–H groups in total. The minimum absolute atomic E-state index is 0.0132. The Kier molecular flexibility index (Phi) is 11.3. The number of halogens is 3. The van der Waals surface area contributed by atoms with Gasteiger partial charge in [-0.2, -0.15) is 0 Å². The summed E-state index contributed by atoms with van der Waals surface area (Å²) in [7, 11) is -4.20. The molecule has 0 saturated carbocycles. The largest absolute Gasteiger partial charge is 0.354 e. The Morgan fingerprint density at radius 2 is 1.55 bits per heavy atom. The van der Waals surface area contributed by atoms with Gasteiger partial charge in [0, 0.05) is 33.7 Å². The van der Waals surface area contributed by atoms with E-state index in [9.17, 15) is 18.0 Å². The molecular formula is C29H32Cl3N3O4S. The maximum absolute atomic E-state index is 14.1. The van der Waals surface area contributed by atoms with Crippen LogP contribution in [0, 0.1) is 6.92 Å². The van der Waals surface area contributed by atoms with Gasteiger partial charge in [0.1, 0.15) is 12.6 Å². The van der Waals surface area contributed by atoms with Crippen molar-refractivity contribution in [2.24, 2.45) is 0 Å². The van der Waals surface area contributed by atoms with Crippen molar-refractivity contribution in [3.63, 3.8) is 0 Å². The van der Waals surface area contributed by atoms with Crippen molar-refractivity contribution in [3.05, 3.63) is 92.9 Å². The molecule has 0 unspecified atom stereocenters. The first-order chi connectivity index (χ1) is 19.0. The van der Waals surface area contributed by atoms with Crippen molar-refractivity contribution < 1.29 is 18.0 Å². The summed E-state index contributed by atoms with van der Waals surface area (Å²) in [4.78, 5) is 28.6. The van der Waals surface area contributed by atoms with E-state index in [4.69, 9.17) is 34.8 Å². The fourth-order valence-electron chi connectivity index (χ4n) is 4.14. The van der Waals surface area contributed by atoms with E-state index in [-0.39, 0.29) is 29.5 Å². The molecule has 3 rings (SSSR count). The lowest BCUT2D eigenvalue weighted by Gasteiger charge is -2.33. The Morgan fingerprint density at radius 3 is 2.12 bits per heavy atom. The van der Waals surface area contributed by atoms with Gasteiger partial charge in [0.2, 0.25) is 11.8 Å². The lowest BCUT2D eigenvalue weighted by atomic mass is 10.1. The van der Waals surface area contributed by atoms with Crippen LogP contribution in [0.2, 0.25) is 15.1 Å². The Morgan fingerprint density at radius 1 is 0.925 bits per heavy atom. The van der Waals surface area contributed by atoms with Gasteiger partial charge in [0.25, 0.3) is 10.0 Å². The highest BCUT2D eigenvalue weighted by atomic mass is 35.5. The second-order valence-corrected chi connectivity index (χ2v) is 12.4. The molecule has 0 aliphatic heterocycles. The Balaban J connectivity index is 2.09. The molecule has 1 atom stereocenters. The summed E-state index contributed by atoms with van der Waals surface area (Å²) >= 11 is 19.1. The summed E-state index contributed by atoms with van der Waals surface area (Å²) in [6, 6.07) is 16.7. The Labute approximate surface area is 251 Å². The van der Waals surface area contributed by atoms with Crippen molar-refractivity contribution in [2.75, 3.05) is 17.4 Å². The van der Waals surface area contributed by atoms with Crippen molar-refractivity contribution in [2.45, 2.75) is 51.1 Å². The zero-order valence-electron chi connectivity index (χ0n) is 22.5. The molecule has 2 amide bonds. The lowest BCUT2D eigenvalue weighted by Crippen LogP contribution is -2.52. The number of nitrogens with one attached hydrogen (secondary N) is 1. The van der Waals surface area contributed by atoms with Crippen LogP contribution in [0.1, 0.15) is 37.8 Å². The number of carbonyl (C=O) groups excluding carboxylic acids is 2. The smallest absolute Gasteiger partial charge is 0.264 e. The van der Waals surface area contributed by atoms with Gasteiger partial charge in [0.15, 0.2) is 0 Å². The predicted octanol–water partition coefficient (Wildman–Crippen LogP) is 6.48. The van der Waals surface area contributed by atoms with Gasteiger partial charge < -0.3 is 10.2 Å². The topological polar surface area (TPSA) is 86.8 Å². The molecule has 0 bridgehead atoms. The van der Waals surface area contributed by atoms with E-state index < -0.39 is 28.5 Å². The van der Waals surface area contributed by atoms with Crippen LogP contribution >= 0.6 is 34.8 Å². The standard InChI is InChI=1S/C29H32Cl3N3O4S/c1-4-16-33-29(37)27(5-2)34(18-24-25(31)10-7-11-26(24)32)28(36)19-35(22-9-6-8-21(30)17-22)40(38,39)23-14-12-20(3)13-15-23/h6-15,17,27H,4-5,16,18-19H2,1-3H3,(H,33,37)/t27-/m0/s1. The van der Waals surface area contributed by atoms with E-state index in [1.54, 1.807) is 55.5 Å². The van der Waals surface area contributed by atoms with E-state index in [0.717, 1.165) is 9.87 Å². The molecule has 0 aliphatic rings. The number of benzene rings is 3.